The Hall–Kier alpha value is -3.54. The van der Waals surface area contributed by atoms with E-state index in [2.05, 4.69) is 9.97 Å². The zero-order chi connectivity index (χ0) is 18.4. The second-order valence-corrected chi connectivity index (χ2v) is 6.74. The van der Waals surface area contributed by atoms with E-state index >= 15 is 0 Å². The first-order chi connectivity index (χ1) is 13.2. The van der Waals surface area contributed by atoms with Crippen LogP contribution in [0.4, 0.5) is 0 Å². The summed E-state index contributed by atoms with van der Waals surface area (Å²) in [6.07, 6.45) is 3.92. The Morgan fingerprint density at radius 2 is 1.63 bits per heavy atom. The molecule has 1 fully saturated rings. The monoisotopic (exact) mass is 356 g/mol. The van der Waals surface area contributed by atoms with Crippen molar-refractivity contribution in [3.63, 3.8) is 0 Å². The topological polar surface area (TPSA) is 80.6 Å². The van der Waals surface area contributed by atoms with Gasteiger partial charge in [0, 0.05) is 35.5 Å². The number of hydrogen-bond donors (Lipinski definition) is 1. The maximum absolute atomic E-state index is 12.2. The van der Waals surface area contributed by atoms with Gasteiger partial charge in [-0.3, -0.25) is 9.59 Å². The van der Waals surface area contributed by atoms with Crippen LogP contribution in [0.2, 0.25) is 0 Å². The second kappa shape index (κ2) is 6.02. The van der Waals surface area contributed by atoms with E-state index < -0.39 is 0 Å². The van der Waals surface area contributed by atoms with E-state index in [1.54, 1.807) is 22.8 Å². The summed E-state index contributed by atoms with van der Waals surface area (Å²) >= 11 is 0. The Morgan fingerprint density at radius 3 is 2.41 bits per heavy atom. The molecule has 27 heavy (non-hydrogen) atoms. The van der Waals surface area contributed by atoms with E-state index in [1.165, 1.54) is 6.07 Å². The van der Waals surface area contributed by atoms with Crippen LogP contribution in [-0.2, 0) is 0 Å². The van der Waals surface area contributed by atoms with Gasteiger partial charge in [-0.15, -0.1) is 0 Å². The highest BCUT2D eigenvalue weighted by Gasteiger charge is 2.25. The summed E-state index contributed by atoms with van der Waals surface area (Å²) in [5.41, 5.74) is 3.93. The van der Waals surface area contributed by atoms with E-state index in [1.807, 2.05) is 36.5 Å². The van der Waals surface area contributed by atoms with Crippen molar-refractivity contribution in [2.24, 2.45) is 0 Å². The number of fused-ring (bicyclic) bond motifs is 1. The van der Waals surface area contributed by atoms with Crippen LogP contribution in [0.1, 0.15) is 18.9 Å². The van der Waals surface area contributed by atoms with Crippen molar-refractivity contribution in [1.82, 2.24) is 19.5 Å². The van der Waals surface area contributed by atoms with Gasteiger partial charge in [0.15, 0.2) is 5.65 Å². The van der Waals surface area contributed by atoms with Gasteiger partial charge in [0.05, 0.1) is 11.4 Å². The molecule has 1 saturated carbocycles. The van der Waals surface area contributed by atoms with Gasteiger partial charge in [0.2, 0.25) is 5.56 Å². The fraction of sp³-hybridized carbons (Fsp3) is 0.143. The van der Waals surface area contributed by atoms with E-state index in [4.69, 9.17) is 4.98 Å². The molecule has 0 bridgehead atoms. The third-order valence-corrected chi connectivity index (χ3v) is 4.76. The summed E-state index contributed by atoms with van der Waals surface area (Å²) in [5.74, 6) is 0. The largest absolute Gasteiger partial charge is 0.312 e. The third-order valence-electron chi connectivity index (χ3n) is 4.76. The van der Waals surface area contributed by atoms with E-state index in [0.717, 1.165) is 24.0 Å². The van der Waals surface area contributed by atoms with Crippen LogP contribution < -0.4 is 11.1 Å². The Labute approximate surface area is 154 Å². The molecule has 3 aromatic heterocycles. The lowest BCUT2D eigenvalue weighted by atomic mass is 10.1. The number of rotatable bonds is 3. The van der Waals surface area contributed by atoms with Crippen molar-refractivity contribution >= 4 is 11.2 Å². The minimum Gasteiger partial charge on any atom is -0.312 e. The lowest BCUT2D eigenvalue weighted by Gasteiger charge is -2.12. The number of aromatic amines is 1. The smallest absolute Gasteiger partial charge is 0.250 e. The average molecular weight is 356 g/mol. The molecule has 0 unspecified atom stereocenters. The summed E-state index contributed by atoms with van der Waals surface area (Å²) < 4.78 is 1.78. The number of nitrogens with one attached hydrogen (secondary N) is 1. The molecule has 1 aliphatic carbocycles. The number of nitrogens with zero attached hydrogens (tertiary/aromatic N) is 3. The predicted octanol–water partition coefficient (Wildman–Crippen LogP) is 3.15. The zero-order valence-corrected chi connectivity index (χ0v) is 14.4. The molecular formula is C21H16N4O2. The molecule has 1 aliphatic rings. The molecule has 0 atom stereocenters. The van der Waals surface area contributed by atoms with Crippen LogP contribution >= 0.6 is 0 Å². The van der Waals surface area contributed by atoms with E-state index in [-0.39, 0.29) is 17.2 Å². The number of pyridine rings is 2. The van der Waals surface area contributed by atoms with Crippen molar-refractivity contribution in [2.75, 3.05) is 0 Å². The van der Waals surface area contributed by atoms with Crippen LogP contribution in [0.5, 0.6) is 0 Å². The van der Waals surface area contributed by atoms with Crippen LogP contribution in [0.15, 0.2) is 70.4 Å². The van der Waals surface area contributed by atoms with E-state index in [9.17, 15) is 9.59 Å². The van der Waals surface area contributed by atoms with Crippen LogP contribution in [0.3, 0.4) is 0 Å². The molecule has 6 nitrogen and oxygen atoms in total. The molecule has 0 amide bonds. The predicted molar refractivity (Wildman–Crippen MR) is 104 cm³/mol. The molecule has 0 saturated heterocycles. The third kappa shape index (κ3) is 2.85. The second-order valence-electron chi connectivity index (χ2n) is 6.74. The normalized spacial score (nSPS) is 13.8. The number of benzene rings is 1. The van der Waals surface area contributed by atoms with Crippen molar-refractivity contribution < 1.29 is 0 Å². The highest BCUT2D eigenvalue weighted by atomic mass is 16.1. The summed E-state index contributed by atoms with van der Waals surface area (Å²) in [6, 6.07) is 16.5. The Morgan fingerprint density at radius 1 is 0.852 bits per heavy atom. The van der Waals surface area contributed by atoms with Gasteiger partial charge in [0.1, 0.15) is 5.52 Å². The fourth-order valence-electron chi connectivity index (χ4n) is 3.25. The lowest BCUT2D eigenvalue weighted by Crippen LogP contribution is -2.17. The van der Waals surface area contributed by atoms with Crippen LogP contribution in [-0.4, -0.2) is 19.5 Å². The molecule has 5 rings (SSSR count). The minimum absolute atomic E-state index is 0.000546. The SMILES string of the molecule is O=c1ccc2nc(-c3ccc(=O)n(C4CC4)c3)c(-c3ccccc3)nc2[nH]1. The van der Waals surface area contributed by atoms with Gasteiger partial charge in [-0.05, 0) is 25.0 Å². The molecular weight excluding hydrogens is 340 g/mol. The number of hydrogen-bond acceptors (Lipinski definition) is 4. The molecule has 0 aliphatic heterocycles. The van der Waals surface area contributed by atoms with Crippen LogP contribution in [0, 0.1) is 0 Å². The lowest BCUT2D eigenvalue weighted by molar-refractivity contribution is 0.708. The van der Waals surface area contributed by atoms with Gasteiger partial charge >= 0.3 is 0 Å². The van der Waals surface area contributed by atoms with Crippen molar-refractivity contribution in [3.05, 3.63) is 81.5 Å². The highest BCUT2D eigenvalue weighted by Crippen LogP contribution is 2.35. The maximum Gasteiger partial charge on any atom is 0.250 e. The molecule has 0 radical (unpaired) electrons. The summed E-state index contributed by atoms with van der Waals surface area (Å²) in [7, 11) is 0. The van der Waals surface area contributed by atoms with Gasteiger partial charge in [-0.1, -0.05) is 30.3 Å². The highest BCUT2D eigenvalue weighted by molar-refractivity contribution is 5.84. The summed E-state index contributed by atoms with van der Waals surface area (Å²) in [6.45, 7) is 0. The zero-order valence-electron chi connectivity index (χ0n) is 14.4. The Bertz CT molecular complexity index is 1270. The Kier molecular flexibility index (Phi) is 3.50. The Balaban J connectivity index is 1.80. The first-order valence-electron chi connectivity index (χ1n) is 8.88. The molecule has 4 aromatic rings. The van der Waals surface area contributed by atoms with Crippen molar-refractivity contribution in [1.29, 1.82) is 0 Å². The average Bonchev–Trinajstić information content (AvgIpc) is 3.53. The molecule has 132 valence electrons. The molecule has 6 heteroatoms. The van der Waals surface area contributed by atoms with Crippen molar-refractivity contribution in [2.45, 2.75) is 18.9 Å². The number of H-pyrrole nitrogens is 1. The van der Waals surface area contributed by atoms with E-state index in [0.29, 0.717) is 22.6 Å². The van der Waals surface area contributed by atoms with Gasteiger partial charge in [-0.2, -0.15) is 0 Å². The standard InChI is InChI=1S/C21H16N4O2/c26-17-10-9-16-21(23-17)24-19(13-4-2-1-3-5-13)20(22-16)14-6-11-18(27)25(12-14)15-7-8-15/h1-6,9-12,15H,7-8H2,(H,23,24,26). The van der Waals surface area contributed by atoms with Crippen LogP contribution in [0.25, 0.3) is 33.7 Å². The van der Waals surface area contributed by atoms with Crippen molar-refractivity contribution in [3.8, 4) is 22.5 Å². The quantitative estimate of drug-likeness (QED) is 0.611. The first-order valence-corrected chi connectivity index (χ1v) is 8.88. The maximum atomic E-state index is 12.2. The summed E-state index contributed by atoms with van der Waals surface area (Å²) in [5, 5.41) is 0. The molecule has 0 spiro atoms. The summed E-state index contributed by atoms with van der Waals surface area (Å²) in [4.78, 5) is 36.1. The minimum atomic E-state index is -0.217. The van der Waals surface area contributed by atoms with Gasteiger partial charge < -0.3 is 9.55 Å². The van der Waals surface area contributed by atoms with Gasteiger partial charge in [-0.25, -0.2) is 9.97 Å². The van der Waals surface area contributed by atoms with Gasteiger partial charge in [0.25, 0.3) is 5.56 Å². The first kappa shape index (κ1) is 15.7. The molecule has 1 N–H and O–H groups in total. The number of aromatic nitrogens is 4. The fourth-order valence-corrected chi connectivity index (χ4v) is 3.25. The molecule has 3 heterocycles. The molecule has 1 aromatic carbocycles.